The highest BCUT2D eigenvalue weighted by Gasteiger charge is 2.19. The van der Waals surface area contributed by atoms with Crippen molar-refractivity contribution in [2.24, 2.45) is 0 Å². The van der Waals surface area contributed by atoms with Gasteiger partial charge in [0.25, 0.3) is 0 Å². The van der Waals surface area contributed by atoms with Gasteiger partial charge in [-0.05, 0) is 58.0 Å². The summed E-state index contributed by atoms with van der Waals surface area (Å²) in [6, 6.07) is 4.30. The highest BCUT2D eigenvalue weighted by atomic mass is 16.5. The summed E-state index contributed by atoms with van der Waals surface area (Å²) < 4.78 is 11.2. The topological polar surface area (TPSA) is 24.9 Å². The lowest BCUT2D eigenvalue weighted by Gasteiger charge is -2.23. The highest BCUT2D eigenvalue weighted by molar-refractivity contribution is 5.64. The first kappa shape index (κ1) is 16.0. The lowest BCUT2D eigenvalue weighted by molar-refractivity contribution is 0.387. The maximum Gasteiger partial charge on any atom is 0.142 e. The van der Waals surface area contributed by atoms with Crippen LogP contribution < -0.4 is 14.4 Å². The monoisotopic (exact) mass is 292 g/mol. The molecular weight excluding hydrogens is 264 g/mol. The van der Waals surface area contributed by atoms with Crippen molar-refractivity contribution < 1.29 is 9.47 Å². The summed E-state index contributed by atoms with van der Waals surface area (Å²) in [6.07, 6.45) is 4.65. The van der Waals surface area contributed by atoms with Crippen LogP contribution in [-0.4, -0.2) is 52.8 Å². The summed E-state index contributed by atoms with van der Waals surface area (Å²) >= 11 is 0. The van der Waals surface area contributed by atoms with Gasteiger partial charge in [0.1, 0.15) is 11.5 Å². The average molecular weight is 292 g/mol. The average Bonchev–Trinajstić information content (AvgIpc) is 3.00. The molecule has 1 aliphatic heterocycles. The standard InChI is InChI=1S/C17H28N2O2/c1-18(2)9-7-8-14-12-17(21-4)15(13-16(14)20-3)19-10-5-6-11-19/h12-13H,5-11H2,1-4H3. The molecule has 0 N–H and O–H groups in total. The van der Waals surface area contributed by atoms with Crippen LogP contribution in [-0.2, 0) is 6.42 Å². The zero-order valence-electron chi connectivity index (χ0n) is 13.8. The van der Waals surface area contributed by atoms with Crippen molar-refractivity contribution in [1.29, 1.82) is 0 Å². The molecule has 0 amide bonds. The van der Waals surface area contributed by atoms with Gasteiger partial charge in [-0.1, -0.05) is 0 Å². The van der Waals surface area contributed by atoms with Crippen molar-refractivity contribution in [3.05, 3.63) is 17.7 Å². The zero-order valence-corrected chi connectivity index (χ0v) is 13.8. The predicted octanol–water partition coefficient (Wildman–Crippen LogP) is 2.80. The van der Waals surface area contributed by atoms with Gasteiger partial charge in [-0.25, -0.2) is 0 Å². The first-order chi connectivity index (χ1) is 10.2. The second-order valence-corrected chi connectivity index (χ2v) is 5.94. The van der Waals surface area contributed by atoms with Gasteiger partial charge < -0.3 is 19.3 Å². The van der Waals surface area contributed by atoms with Crippen LogP contribution in [0, 0.1) is 0 Å². The molecule has 4 heteroatoms. The fraction of sp³-hybridized carbons (Fsp3) is 0.647. The fourth-order valence-corrected chi connectivity index (χ4v) is 2.93. The molecule has 0 unspecified atom stereocenters. The Morgan fingerprint density at radius 3 is 2.29 bits per heavy atom. The SMILES string of the molecule is COc1cc(N2CCCC2)c(OC)cc1CCCN(C)C. The van der Waals surface area contributed by atoms with E-state index in [1.54, 1.807) is 14.2 Å². The van der Waals surface area contributed by atoms with E-state index < -0.39 is 0 Å². The summed E-state index contributed by atoms with van der Waals surface area (Å²) in [4.78, 5) is 4.60. The van der Waals surface area contributed by atoms with Crippen LogP contribution in [0.1, 0.15) is 24.8 Å². The van der Waals surface area contributed by atoms with Crippen LogP contribution in [0.4, 0.5) is 5.69 Å². The van der Waals surface area contributed by atoms with E-state index in [2.05, 4.69) is 36.0 Å². The lowest BCUT2D eigenvalue weighted by atomic mass is 10.1. The van der Waals surface area contributed by atoms with E-state index in [-0.39, 0.29) is 0 Å². The van der Waals surface area contributed by atoms with Crippen molar-refractivity contribution >= 4 is 5.69 Å². The minimum Gasteiger partial charge on any atom is -0.496 e. The second-order valence-electron chi connectivity index (χ2n) is 5.94. The van der Waals surface area contributed by atoms with E-state index in [1.807, 2.05) is 0 Å². The Morgan fingerprint density at radius 1 is 1.05 bits per heavy atom. The van der Waals surface area contributed by atoms with Crippen LogP contribution in [0.3, 0.4) is 0 Å². The molecule has 0 bridgehead atoms. The summed E-state index contributed by atoms with van der Waals surface area (Å²) in [5.74, 6) is 1.95. The van der Waals surface area contributed by atoms with Gasteiger partial charge in [-0.3, -0.25) is 0 Å². The Hall–Kier alpha value is -1.42. The van der Waals surface area contributed by atoms with E-state index in [9.17, 15) is 0 Å². The number of hydrogen-bond acceptors (Lipinski definition) is 4. The van der Waals surface area contributed by atoms with E-state index >= 15 is 0 Å². The quantitative estimate of drug-likeness (QED) is 0.771. The minimum atomic E-state index is 0.970. The van der Waals surface area contributed by atoms with E-state index in [1.165, 1.54) is 24.1 Å². The molecule has 118 valence electrons. The third-order valence-electron chi connectivity index (χ3n) is 4.08. The zero-order chi connectivity index (χ0) is 15.2. The number of hydrogen-bond donors (Lipinski definition) is 0. The van der Waals surface area contributed by atoms with Gasteiger partial charge >= 0.3 is 0 Å². The lowest BCUT2D eigenvalue weighted by Crippen LogP contribution is -2.19. The van der Waals surface area contributed by atoms with Gasteiger partial charge in [0.2, 0.25) is 0 Å². The summed E-state index contributed by atoms with van der Waals surface area (Å²) in [5.41, 5.74) is 2.40. The maximum absolute atomic E-state index is 5.62. The Morgan fingerprint density at radius 2 is 1.71 bits per heavy atom. The molecule has 21 heavy (non-hydrogen) atoms. The van der Waals surface area contributed by atoms with Crippen LogP contribution in [0.5, 0.6) is 11.5 Å². The van der Waals surface area contributed by atoms with Crippen LogP contribution in [0.2, 0.25) is 0 Å². The Balaban J connectivity index is 2.20. The molecule has 2 rings (SSSR count). The van der Waals surface area contributed by atoms with E-state index in [4.69, 9.17) is 9.47 Å². The molecule has 1 aromatic rings. The Bertz CT molecular complexity index is 454. The van der Waals surface area contributed by atoms with Crippen molar-refractivity contribution in [2.75, 3.05) is 52.8 Å². The van der Waals surface area contributed by atoms with Crippen LogP contribution in [0.25, 0.3) is 0 Å². The smallest absolute Gasteiger partial charge is 0.142 e. The second kappa shape index (κ2) is 7.55. The third-order valence-corrected chi connectivity index (χ3v) is 4.08. The largest absolute Gasteiger partial charge is 0.496 e. The first-order valence-corrected chi connectivity index (χ1v) is 7.80. The molecule has 1 saturated heterocycles. The minimum absolute atomic E-state index is 0.970. The number of rotatable bonds is 7. The molecular formula is C17H28N2O2. The molecule has 0 aliphatic carbocycles. The molecule has 1 heterocycles. The highest BCUT2D eigenvalue weighted by Crippen LogP contribution is 2.37. The fourth-order valence-electron chi connectivity index (χ4n) is 2.93. The molecule has 4 nitrogen and oxygen atoms in total. The van der Waals surface area contributed by atoms with Gasteiger partial charge in [0, 0.05) is 19.2 Å². The molecule has 0 spiro atoms. The number of benzene rings is 1. The van der Waals surface area contributed by atoms with Crippen molar-refractivity contribution in [1.82, 2.24) is 4.90 Å². The molecule has 1 aromatic carbocycles. The number of nitrogens with zero attached hydrogens (tertiary/aromatic N) is 2. The van der Waals surface area contributed by atoms with Gasteiger partial charge in [-0.15, -0.1) is 0 Å². The molecule has 0 aromatic heterocycles. The van der Waals surface area contributed by atoms with Gasteiger partial charge in [0.05, 0.1) is 19.9 Å². The van der Waals surface area contributed by atoms with Gasteiger partial charge in [0.15, 0.2) is 0 Å². The van der Waals surface area contributed by atoms with Gasteiger partial charge in [-0.2, -0.15) is 0 Å². The summed E-state index contributed by atoms with van der Waals surface area (Å²) in [6.45, 7) is 3.30. The maximum atomic E-state index is 5.62. The Labute approximate surface area is 128 Å². The normalized spacial score (nSPS) is 14.8. The number of methoxy groups -OCH3 is 2. The molecule has 1 aliphatic rings. The van der Waals surface area contributed by atoms with E-state index in [0.29, 0.717) is 0 Å². The number of ether oxygens (including phenoxy) is 2. The first-order valence-electron chi connectivity index (χ1n) is 7.80. The molecule has 0 radical (unpaired) electrons. The van der Waals surface area contributed by atoms with Crippen LogP contribution in [0.15, 0.2) is 12.1 Å². The third kappa shape index (κ3) is 4.03. The summed E-state index contributed by atoms with van der Waals surface area (Å²) in [7, 11) is 7.72. The molecule has 0 saturated carbocycles. The molecule has 1 fully saturated rings. The van der Waals surface area contributed by atoms with Crippen molar-refractivity contribution in [3.63, 3.8) is 0 Å². The number of anilines is 1. The van der Waals surface area contributed by atoms with E-state index in [0.717, 1.165) is 44.0 Å². The predicted molar refractivity (Wildman–Crippen MR) is 87.9 cm³/mol. The molecule has 0 atom stereocenters. The van der Waals surface area contributed by atoms with Crippen LogP contribution >= 0.6 is 0 Å². The van der Waals surface area contributed by atoms with Crippen molar-refractivity contribution in [3.8, 4) is 11.5 Å². The Kier molecular flexibility index (Phi) is 5.74. The summed E-state index contributed by atoms with van der Waals surface area (Å²) in [5, 5.41) is 0. The number of aryl methyl sites for hydroxylation is 1. The van der Waals surface area contributed by atoms with Crippen molar-refractivity contribution in [2.45, 2.75) is 25.7 Å².